The predicted octanol–water partition coefficient (Wildman–Crippen LogP) is 3.13. The molecule has 0 radical (unpaired) electrons. The largest absolute Gasteiger partial charge is 0.398 e. The van der Waals surface area contributed by atoms with Gasteiger partial charge in [0.25, 0.3) is 5.91 Å². The van der Waals surface area contributed by atoms with Gasteiger partial charge in [0.05, 0.1) is 0 Å². The fourth-order valence-corrected chi connectivity index (χ4v) is 2.73. The molecule has 3 atom stereocenters. The van der Waals surface area contributed by atoms with Crippen LogP contribution >= 0.6 is 0 Å². The summed E-state index contributed by atoms with van der Waals surface area (Å²) in [7, 11) is 0. The number of carbonyl (C=O) groups excluding carboxylic acids is 1. The van der Waals surface area contributed by atoms with Gasteiger partial charge in [-0.1, -0.05) is 19.9 Å². The van der Waals surface area contributed by atoms with E-state index in [2.05, 4.69) is 19.2 Å². The second-order valence-corrected chi connectivity index (χ2v) is 6.01. The minimum absolute atomic E-state index is 0.00143. The molecule has 3 nitrogen and oxygen atoms in total. The van der Waals surface area contributed by atoms with Crippen molar-refractivity contribution in [3.05, 3.63) is 29.3 Å². The Bertz CT molecular complexity index is 470. The van der Waals surface area contributed by atoms with Gasteiger partial charge in [-0.3, -0.25) is 4.79 Å². The van der Waals surface area contributed by atoms with Crippen LogP contribution in [-0.2, 0) is 0 Å². The first kappa shape index (κ1) is 13.9. The van der Waals surface area contributed by atoms with Crippen LogP contribution in [0.5, 0.6) is 0 Å². The van der Waals surface area contributed by atoms with Crippen molar-refractivity contribution in [2.45, 2.75) is 46.1 Å². The zero-order chi connectivity index (χ0) is 14.0. The van der Waals surface area contributed by atoms with Gasteiger partial charge in [0.15, 0.2) is 0 Å². The Morgan fingerprint density at radius 2 is 2.00 bits per heavy atom. The molecule has 3 unspecified atom stereocenters. The van der Waals surface area contributed by atoms with Gasteiger partial charge in [0, 0.05) is 17.3 Å². The highest BCUT2D eigenvalue weighted by molar-refractivity contribution is 5.95. The van der Waals surface area contributed by atoms with Crippen LogP contribution in [0, 0.1) is 18.8 Å². The molecule has 3 heteroatoms. The van der Waals surface area contributed by atoms with Gasteiger partial charge in [-0.2, -0.15) is 0 Å². The average molecular weight is 260 g/mol. The molecule has 1 aromatic carbocycles. The van der Waals surface area contributed by atoms with E-state index in [9.17, 15) is 4.79 Å². The summed E-state index contributed by atoms with van der Waals surface area (Å²) in [4.78, 5) is 12.2. The van der Waals surface area contributed by atoms with Crippen molar-refractivity contribution >= 4 is 11.6 Å². The third-order valence-electron chi connectivity index (χ3n) is 4.47. The van der Waals surface area contributed by atoms with Gasteiger partial charge in [-0.05, 0) is 55.7 Å². The van der Waals surface area contributed by atoms with Gasteiger partial charge < -0.3 is 11.1 Å². The summed E-state index contributed by atoms with van der Waals surface area (Å²) >= 11 is 0. The molecule has 1 aromatic rings. The number of hydrogen-bond acceptors (Lipinski definition) is 2. The lowest BCUT2D eigenvalue weighted by molar-refractivity contribution is 0.0910. The number of benzene rings is 1. The zero-order valence-corrected chi connectivity index (χ0v) is 12.1. The average Bonchev–Trinajstić information content (AvgIpc) is 2.37. The first-order valence-corrected chi connectivity index (χ1v) is 7.14. The molecule has 0 heterocycles. The Kier molecular flexibility index (Phi) is 4.13. The quantitative estimate of drug-likeness (QED) is 0.803. The lowest BCUT2D eigenvalue weighted by atomic mass is 9.79. The molecular formula is C16H24N2O. The van der Waals surface area contributed by atoms with Crippen molar-refractivity contribution < 1.29 is 4.79 Å². The van der Waals surface area contributed by atoms with Crippen LogP contribution < -0.4 is 11.1 Å². The molecule has 1 aliphatic carbocycles. The number of carbonyl (C=O) groups is 1. The summed E-state index contributed by atoms with van der Waals surface area (Å²) in [5.41, 5.74) is 8.20. The Labute approximate surface area is 115 Å². The van der Waals surface area contributed by atoms with E-state index in [1.165, 1.54) is 6.42 Å². The second kappa shape index (κ2) is 5.64. The molecule has 0 aliphatic heterocycles. The second-order valence-electron chi connectivity index (χ2n) is 6.01. The minimum atomic E-state index is -0.00143. The lowest BCUT2D eigenvalue weighted by Gasteiger charge is -2.32. The first-order chi connectivity index (χ1) is 8.97. The lowest BCUT2D eigenvalue weighted by Crippen LogP contribution is -2.39. The van der Waals surface area contributed by atoms with E-state index in [0.29, 0.717) is 23.2 Å². The monoisotopic (exact) mass is 260 g/mol. The first-order valence-electron chi connectivity index (χ1n) is 7.14. The van der Waals surface area contributed by atoms with E-state index in [0.717, 1.165) is 24.3 Å². The molecule has 1 saturated carbocycles. The predicted molar refractivity (Wildman–Crippen MR) is 79.0 cm³/mol. The van der Waals surface area contributed by atoms with E-state index in [1.807, 2.05) is 19.1 Å². The number of nitrogen functional groups attached to an aromatic ring is 1. The normalized spacial score (nSPS) is 27.0. The molecule has 0 saturated heterocycles. The third-order valence-corrected chi connectivity index (χ3v) is 4.47. The molecule has 1 fully saturated rings. The summed E-state index contributed by atoms with van der Waals surface area (Å²) in [5, 5.41) is 3.14. The highest BCUT2D eigenvalue weighted by Crippen LogP contribution is 2.29. The molecule has 0 spiro atoms. The molecule has 104 valence electrons. The van der Waals surface area contributed by atoms with Crippen LogP contribution in [0.15, 0.2) is 18.2 Å². The van der Waals surface area contributed by atoms with Gasteiger partial charge in [-0.15, -0.1) is 0 Å². The SMILES string of the molecule is Cc1ccc(C(=O)NC2CCC(C)C(C)C2)cc1N. The molecule has 0 aromatic heterocycles. The van der Waals surface area contributed by atoms with E-state index < -0.39 is 0 Å². The van der Waals surface area contributed by atoms with Gasteiger partial charge >= 0.3 is 0 Å². The van der Waals surface area contributed by atoms with Crippen molar-refractivity contribution in [1.29, 1.82) is 0 Å². The molecule has 1 amide bonds. The minimum Gasteiger partial charge on any atom is -0.398 e. The molecule has 3 N–H and O–H groups in total. The van der Waals surface area contributed by atoms with Crippen molar-refractivity contribution in [2.24, 2.45) is 11.8 Å². The molecular weight excluding hydrogens is 236 g/mol. The molecule has 2 rings (SSSR count). The molecule has 1 aliphatic rings. The highest BCUT2D eigenvalue weighted by Gasteiger charge is 2.25. The Morgan fingerprint density at radius 1 is 1.26 bits per heavy atom. The van der Waals surface area contributed by atoms with Crippen LogP contribution in [0.2, 0.25) is 0 Å². The Balaban J connectivity index is 1.99. The van der Waals surface area contributed by atoms with Crippen LogP contribution in [0.25, 0.3) is 0 Å². The highest BCUT2D eigenvalue weighted by atomic mass is 16.1. The zero-order valence-electron chi connectivity index (χ0n) is 12.1. The third kappa shape index (κ3) is 3.28. The van der Waals surface area contributed by atoms with Crippen molar-refractivity contribution in [3.8, 4) is 0 Å². The number of hydrogen-bond donors (Lipinski definition) is 2. The van der Waals surface area contributed by atoms with Gasteiger partial charge in [0.1, 0.15) is 0 Å². The summed E-state index contributed by atoms with van der Waals surface area (Å²) in [6.07, 6.45) is 3.36. The summed E-state index contributed by atoms with van der Waals surface area (Å²) in [6.45, 7) is 6.51. The maximum atomic E-state index is 12.2. The van der Waals surface area contributed by atoms with E-state index in [-0.39, 0.29) is 5.91 Å². The smallest absolute Gasteiger partial charge is 0.251 e. The number of rotatable bonds is 2. The van der Waals surface area contributed by atoms with Crippen LogP contribution in [0.4, 0.5) is 5.69 Å². The Morgan fingerprint density at radius 3 is 2.63 bits per heavy atom. The molecule has 19 heavy (non-hydrogen) atoms. The standard InChI is InChI=1S/C16H24N2O/c1-10-5-7-14(8-12(10)3)18-16(19)13-6-4-11(2)15(17)9-13/h4,6,9-10,12,14H,5,7-8,17H2,1-3H3,(H,18,19). The maximum absolute atomic E-state index is 12.2. The van der Waals surface area contributed by atoms with Crippen molar-refractivity contribution in [2.75, 3.05) is 5.73 Å². The van der Waals surface area contributed by atoms with Crippen LogP contribution in [-0.4, -0.2) is 11.9 Å². The topological polar surface area (TPSA) is 55.1 Å². The van der Waals surface area contributed by atoms with Crippen molar-refractivity contribution in [3.63, 3.8) is 0 Å². The van der Waals surface area contributed by atoms with Crippen LogP contribution in [0.3, 0.4) is 0 Å². The number of aryl methyl sites for hydroxylation is 1. The number of nitrogens with two attached hydrogens (primary N) is 1. The van der Waals surface area contributed by atoms with Crippen LogP contribution in [0.1, 0.15) is 49.0 Å². The number of nitrogens with one attached hydrogen (secondary N) is 1. The summed E-state index contributed by atoms with van der Waals surface area (Å²) in [6, 6.07) is 5.81. The number of anilines is 1. The van der Waals surface area contributed by atoms with E-state index >= 15 is 0 Å². The van der Waals surface area contributed by atoms with E-state index in [4.69, 9.17) is 5.73 Å². The summed E-state index contributed by atoms with van der Waals surface area (Å²) in [5.74, 6) is 1.45. The van der Waals surface area contributed by atoms with Gasteiger partial charge in [-0.25, -0.2) is 0 Å². The fraction of sp³-hybridized carbons (Fsp3) is 0.562. The van der Waals surface area contributed by atoms with E-state index in [1.54, 1.807) is 6.07 Å². The van der Waals surface area contributed by atoms with Gasteiger partial charge in [0.2, 0.25) is 0 Å². The summed E-state index contributed by atoms with van der Waals surface area (Å²) < 4.78 is 0. The molecule has 0 bridgehead atoms. The van der Waals surface area contributed by atoms with Crippen molar-refractivity contribution in [1.82, 2.24) is 5.32 Å². The maximum Gasteiger partial charge on any atom is 0.251 e. The number of amides is 1. The Hall–Kier alpha value is -1.51. The fourth-order valence-electron chi connectivity index (χ4n) is 2.73.